The molecule has 0 saturated heterocycles. The number of halogens is 2. The van der Waals surface area contributed by atoms with E-state index in [4.69, 9.17) is 0 Å². The van der Waals surface area contributed by atoms with Crippen LogP contribution in [0, 0.1) is 12.7 Å². The molecule has 0 saturated carbocycles. The first kappa shape index (κ1) is 11.4. The van der Waals surface area contributed by atoms with Crippen molar-refractivity contribution in [3.63, 3.8) is 0 Å². The molecule has 0 bridgehead atoms. The average Bonchev–Trinajstić information content (AvgIpc) is 2.77. The summed E-state index contributed by atoms with van der Waals surface area (Å²) in [5.41, 5.74) is 3.15. The van der Waals surface area contributed by atoms with Gasteiger partial charge in [-0.25, -0.2) is 9.37 Å². The Bertz CT molecular complexity index is 734. The zero-order valence-electron chi connectivity index (χ0n) is 9.67. The van der Waals surface area contributed by atoms with Crippen LogP contribution in [0.1, 0.15) is 5.56 Å². The lowest BCUT2D eigenvalue weighted by Gasteiger charge is -2.01. The number of nitrogens with one attached hydrogen (secondary N) is 1. The molecule has 4 heteroatoms. The van der Waals surface area contributed by atoms with Gasteiger partial charge in [0.25, 0.3) is 0 Å². The Balaban J connectivity index is 2.26. The summed E-state index contributed by atoms with van der Waals surface area (Å²) in [5, 5.41) is 0. The number of aryl methyl sites for hydroxylation is 1. The molecule has 1 heterocycles. The zero-order chi connectivity index (χ0) is 12.7. The van der Waals surface area contributed by atoms with Gasteiger partial charge in [-0.2, -0.15) is 0 Å². The number of rotatable bonds is 1. The summed E-state index contributed by atoms with van der Waals surface area (Å²) in [6, 6.07) is 10.9. The fourth-order valence-corrected chi connectivity index (χ4v) is 2.38. The number of para-hydroxylation sites is 1. The maximum Gasteiger partial charge on any atom is 0.151 e. The van der Waals surface area contributed by atoms with E-state index in [2.05, 4.69) is 25.9 Å². The molecule has 90 valence electrons. The van der Waals surface area contributed by atoms with Gasteiger partial charge < -0.3 is 4.98 Å². The van der Waals surface area contributed by atoms with Crippen LogP contribution >= 0.6 is 15.9 Å². The molecule has 0 aliphatic carbocycles. The summed E-state index contributed by atoms with van der Waals surface area (Å²) in [6.45, 7) is 2.01. The summed E-state index contributed by atoms with van der Waals surface area (Å²) >= 11 is 3.49. The van der Waals surface area contributed by atoms with Crippen LogP contribution in [0.4, 0.5) is 4.39 Å². The van der Waals surface area contributed by atoms with E-state index < -0.39 is 0 Å². The molecule has 0 amide bonds. The first-order valence-corrected chi connectivity index (χ1v) is 6.35. The van der Waals surface area contributed by atoms with Gasteiger partial charge in [-0.3, -0.25) is 0 Å². The number of nitrogens with zero attached hydrogens (tertiary/aromatic N) is 1. The molecule has 3 aromatic rings. The molecule has 0 spiro atoms. The van der Waals surface area contributed by atoms with E-state index in [1.165, 1.54) is 6.07 Å². The molecule has 18 heavy (non-hydrogen) atoms. The number of fused-ring (bicyclic) bond motifs is 1. The quantitative estimate of drug-likeness (QED) is 0.707. The lowest BCUT2D eigenvalue weighted by Crippen LogP contribution is -1.84. The second-order valence-corrected chi connectivity index (χ2v) is 5.06. The van der Waals surface area contributed by atoms with Crippen LogP contribution in [0.5, 0.6) is 0 Å². The van der Waals surface area contributed by atoms with Crippen molar-refractivity contribution in [2.75, 3.05) is 0 Å². The minimum Gasteiger partial charge on any atom is -0.338 e. The van der Waals surface area contributed by atoms with E-state index in [1.54, 1.807) is 6.07 Å². The normalized spacial score (nSPS) is 11.1. The second kappa shape index (κ2) is 4.21. The van der Waals surface area contributed by atoms with Crippen LogP contribution < -0.4 is 0 Å². The Morgan fingerprint density at radius 2 is 2.06 bits per heavy atom. The number of hydrogen-bond donors (Lipinski definition) is 1. The first-order valence-electron chi connectivity index (χ1n) is 5.56. The third-order valence-electron chi connectivity index (χ3n) is 2.84. The van der Waals surface area contributed by atoms with Gasteiger partial charge in [0.15, 0.2) is 5.82 Å². The van der Waals surface area contributed by atoms with E-state index in [0.29, 0.717) is 16.9 Å². The highest BCUT2D eigenvalue weighted by atomic mass is 79.9. The molecule has 0 fully saturated rings. The summed E-state index contributed by atoms with van der Waals surface area (Å²) < 4.78 is 14.5. The Morgan fingerprint density at radius 3 is 2.83 bits per heavy atom. The third-order valence-corrected chi connectivity index (χ3v) is 3.53. The molecule has 2 nitrogen and oxygen atoms in total. The molecule has 0 aliphatic heterocycles. The Labute approximate surface area is 112 Å². The van der Waals surface area contributed by atoms with Crippen LogP contribution in [0.2, 0.25) is 0 Å². The Kier molecular flexibility index (Phi) is 2.67. The lowest BCUT2D eigenvalue weighted by molar-refractivity contribution is 0.637. The van der Waals surface area contributed by atoms with Crippen LogP contribution in [0.25, 0.3) is 22.4 Å². The average molecular weight is 305 g/mol. The molecule has 0 atom stereocenters. The maximum atomic E-state index is 13.6. The van der Waals surface area contributed by atoms with E-state index in [1.807, 2.05) is 31.2 Å². The number of aromatic amines is 1. The van der Waals surface area contributed by atoms with Crippen molar-refractivity contribution in [2.45, 2.75) is 6.92 Å². The number of imidazole rings is 1. The van der Waals surface area contributed by atoms with Crippen LogP contribution in [0.3, 0.4) is 0 Å². The number of H-pyrrole nitrogens is 1. The second-order valence-electron chi connectivity index (χ2n) is 4.20. The van der Waals surface area contributed by atoms with Gasteiger partial charge in [-0.15, -0.1) is 0 Å². The highest BCUT2D eigenvalue weighted by molar-refractivity contribution is 9.10. The number of hydrogen-bond acceptors (Lipinski definition) is 1. The fraction of sp³-hybridized carbons (Fsp3) is 0.0714. The third kappa shape index (κ3) is 1.82. The highest BCUT2D eigenvalue weighted by Crippen LogP contribution is 2.29. The molecule has 0 unspecified atom stereocenters. The van der Waals surface area contributed by atoms with E-state index >= 15 is 0 Å². The van der Waals surface area contributed by atoms with Crippen LogP contribution in [-0.2, 0) is 0 Å². The van der Waals surface area contributed by atoms with Crippen molar-refractivity contribution >= 4 is 27.0 Å². The predicted molar refractivity (Wildman–Crippen MR) is 73.9 cm³/mol. The minimum atomic E-state index is -0.307. The molecule has 3 rings (SSSR count). The molecule has 0 aliphatic rings. The monoisotopic (exact) mass is 304 g/mol. The molecular weight excluding hydrogens is 295 g/mol. The van der Waals surface area contributed by atoms with Gasteiger partial charge >= 0.3 is 0 Å². The number of benzene rings is 2. The summed E-state index contributed by atoms with van der Waals surface area (Å²) in [7, 11) is 0. The van der Waals surface area contributed by atoms with Crippen LogP contribution in [0.15, 0.2) is 40.9 Å². The maximum absolute atomic E-state index is 13.6. The fourth-order valence-electron chi connectivity index (χ4n) is 1.95. The minimum absolute atomic E-state index is 0.307. The van der Waals surface area contributed by atoms with E-state index in [0.717, 1.165) is 15.6 Å². The van der Waals surface area contributed by atoms with Crippen molar-refractivity contribution in [3.05, 3.63) is 52.3 Å². The van der Waals surface area contributed by atoms with E-state index in [9.17, 15) is 4.39 Å². The molecule has 1 N–H and O–H groups in total. The van der Waals surface area contributed by atoms with E-state index in [-0.39, 0.29) is 5.82 Å². The Hall–Kier alpha value is -1.68. The van der Waals surface area contributed by atoms with Gasteiger partial charge in [0.1, 0.15) is 11.3 Å². The topological polar surface area (TPSA) is 28.7 Å². The van der Waals surface area contributed by atoms with Crippen molar-refractivity contribution < 1.29 is 4.39 Å². The molecule has 2 aromatic carbocycles. The molecule has 1 aromatic heterocycles. The SMILES string of the molecule is Cc1ccc(Br)c(-c2nc3c(F)cccc3[nH]2)c1. The van der Waals surface area contributed by atoms with Crippen molar-refractivity contribution in [2.24, 2.45) is 0 Å². The van der Waals surface area contributed by atoms with Crippen molar-refractivity contribution in [3.8, 4) is 11.4 Å². The number of aromatic nitrogens is 2. The molecule has 0 radical (unpaired) electrons. The molecular formula is C14H10BrFN2. The standard InChI is InChI=1S/C14H10BrFN2/c1-8-5-6-10(15)9(7-8)14-17-12-4-2-3-11(16)13(12)18-14/h2-7H,1H3,(H,17,18). The van der Waals surface area contributed by atoms with Gasteiger partial charge in [0, 0.05) is 10.0 Å². The predicted octanol–water partition coefficient (Wildman–Crippen LogP) is 4.44. The summed E-state index contributed by atoms with van der Waals surface area (Å²) in [5.74, 6) is 0.365. The summed E-state index contributed by atoms with van der Waals surface area (Å²) in [4.78, 5) is 7.46. The van der Waals surface area contributed by atoms with Crippen molar-refractivity contribution in [1.82, 2.24) is 9.97 Å². The smallest absolute Gasteiger partial charge is 0.151 e. The van der Waals surface area contributed by atoms with Crippen LogP contribution in [-0.4, -0.2) is 9.97 Å². The lowest BCUT2D eigenvalue weighted by atomic mass is 10.1. The zero-order valence-corrected chi connectivity index (χ0v) is 11.3. The highest BCUT2D eigenvalue weighted by Gasteiger charge is 2.11. The summed E-state index contributed by atoms with van der Waals surface area (Å²) in [6.07, 6.45) is 0. The van der Waals surface area contributed by atoms with Gasteiger partial charge in [0.05, 0.1) is 5.52 Å². The first-order chi connectivity index (χ1) is 8.65. The van der Waals surface area contributed by atoms with Crippen molar-refractivity contribution in [1.29, 1.82) is 0 Å². The van der Waals surface area contributed by atoms with Gasteiger partial charge in [-0.1, -0.05) is 33.6 Å². The van der Waals surface area contributed by atoms with Gasteiger partial charge in [-0.05, 0) is 31.2 Å². The Morgan fingerprint density at radius 1 is 1.22 bits per heavy atom. The van der Waals surface area contributed by atoms with Gasteiger partial charge in [0.2, 0.25) is 0 Å². The largest absolute Gasteiger partial charge is 0.338 e.